The standard InChI is InChI=1S/C22H27N3O7S2/c1-9-16(15(10(2)26)22(32)33)25-17(21(30)31)18(9)34-13-7-14(23-8-13)19(27)24-12-5-3-4-11(6-12)20(28)29/h3-6,9-10,13-16,23,25-26H,7-8H2,1-2H3,(H,24,27)(H,28,29)(H,30,31)(H,32,33)/p+1/t9-,10-,13+,14+,15-,16-/m1/s1. The minimum atomic E-state index is -1.15. The minimum Gasteiger partial charge on any atom is -0.478 e. The number of aliphatic carboxylic acids is 1. The second-order valence-electron chi connectivity index (χ2n) is 8.54. The van der Waals surface area contributed by atoms with Gasteiger partial charge in [0.1, 0.15) is 5.70 Å². The Hall–Kier alpha value is -2.54. The molecule has 2 aliphatic heterocycles. The lowest BCUT2D eigenvalue weighted by Gasteiger charge is -2.28. The number of rotatable bonds is 9. The van der Waals surface area contributed by atoms with Gasteiger partial charge in [0.25, 0.3) is 5.91 Å². The van der Waals surface area contributed by atoms with Crippen LogP contribution in [0.1, 0.15) is 30.6 Å². The van der Waals surface area contributed by atoms with Gasteiger partial charge in [-0.25, -0.2) is 9.59 Å². The number of carbonyl (C=O) groups excluding carboxylic acids is 2. The van der Waals surface area contributed by atoms with Gasteiger partial charge in [-0.1, -0.05) is 13.0 Å². The Kier molecular flexibility index (Phi) is 8.29. The summed E-state index contributed by atoms with van der Waals surface area (Å²) in [5.74, 6) is -3.72. The lowest BCUT2D eigenvalue weighted by molar-refractivity contribution is -0.656. The van der Waals surface area contributed by atoms with Gasteiger partial charge in [-0.2, -0.15) is 0 Å². The first-order valence-electron chi connectivity index (χ1n) is 10.8. The number of benzene rings is 1. The number of anilines is 1. The van der Waals surface area contributed by atoms with Crippen LogP contribution in [-0.2, 0) is 14.4 Å². The minimum absolute atomic E-state index is 0.00104. The largest absolute Gasteiger partial charge is 0.478 e. The smallest absolute Gasteiger partial charge is 0.352 e. The van der Waals surface area contributed by atoms with Crippen molar-refractivity contribution in [3.8, 4) is 0 Å². The number of nitrogens with one attached hydrogen (secondary N) is 2. The number of thioether (sulfide) groups is 1. The molecule has 6 atom stereocenters. The number of carboxylic acids is 2. The zero-order valence-corrected chi connectivity index (χ0v) is 20.3. The third kappa shape index (κ3) is 5.74. The summed E-state index contributed by atoms with van der Waals surface area (Å²) in [5.41, 5.74) is 0.464. The van der Waals surface area contributed by atoms with E-state index >= 15 is 0 Å². The van der Waals surface area contributed by atoms with Crippen molar-refractivity contribution in [3.05, 3.63) is 40.4 Å². The van der Waals surface area contributed by atoms with Crippen LogP contribution in [0.3, 0.4) is 0 Å². The molecule has 34 heavy (non-hydrogen) atoms. The second kappa shape index (κ2) is 10.8. The third-order valence-corrected chi connectivity index (χ3v) is 7.97. The number of aliphatic hydroxyl groups is 1. The molecule has 3 rings (SSSR count). The molecule has 0 aliphatic carbocycles. The molecular weight excluding hydrogens is 482 g/mol. The van der Waals surface area contributed by atoms with Crippen LogP contribution in [0.5, 0.6) is 0 Å². The van der Waals surface area contributed by atoms with Crippen molar-refractivity contribution < 1.29 is 39.8 Å². The zero-order valence-electron chi connectivity index (χ0n) is 18.6. The average Bonchev–Trinajstić information content (AvgIpc) is 3.34. The summed E-state index contributed by atoms with van der Waals surface area (Å²) >= 11 is 5.24. The Morgan fingerprint density at radius 2 is 1.94 bits per heavy atom. The summed E-state index contributed by atoms with van der Waals surface area (Å²) in [6.45, 7) is 3.86. The number of amides is 1. The Morgan fingerprint density at radius 1 is 1.24 bits per heavy atom. The second-order valence-corrected chi connectivity index (χ2v) is 10.3. The molecule has 0 unspecified atom stereocenters. The van der Waals surface area contributed by atoms with Crippen LogP contribution >= 0.6 is 24.4 Å². The van der Waals surface area contributed by atoms with E-state index < -0.39 is 41.2 Å². The number of aliphatic hydroxyl groups excluding tert-OH is 1. The number of thiol groups is 1. The van der Waals surface area contributed by atoms with Crippen molar-refractivity contribution >= 4 is 53.0 Å². The molecule has 0 spiro atoms. The molecule has 2 heterocycles. The summed E-state index contributed by atoms with van der Waals surface area (Å²) < 4.78 is 0. The van der Waals surface area contributed by atoms with Gasteiger partial charge < -0.3 is 31.3 Å². The number of carbonyl (C=O) groups is 4. The normalized spacial score (nSPS) is 26.0. The molecule has 184 valence electrons. The van der Waals surface area contributed by atoms with Crippen molar-refractivity contribution in [2.45, 2.75) is 43.7 Å². The highest BCUT2D eigenvalue weighted by molar-refractivity contribution is 8.03. The molecule has 0 aromatic heterocycles. The fourth-order valence-corrected chi connectivity index (χ4v) is 6.27. The SMILES string of the molecule is C[C@@H](O)[C@@H](C(=O)S)[C@@H]1NC(C(=O)O)=C(S[C@@H]2C[NH2+][C@H](C(=O)Nc3cccc(C(=O)O)c3)C2)[C@@H]1C. The molecule has 1 saturated heterocycles. The first-order chi connectivity index (χ1) is 16.0. The molecule has 1 aromatic rings. The summed E-state index contributed by atoms with van der Waals surface area (Å²) in [4.78, 5) is 48.3. The molecule has 1 amide bonds. The van der Waals surface area contributed by atoms with E-state index in [1.165, 1.54) is 30.8 Å². The molecule has 0 radical (unpaired) electrons. The van der Waals surface area contributed by atoms with Crippen LogP contribution in [0.2, 0.25) is 0 Å². The molecule has 1 aromatic carbocycles. The maximum absolute atomic E-state index is 12.7. The topological polar surface area (TPSA) is 170 Å². The van der Waals surface area contributed by atoms with E-state index in [1.54, 1.807) is 19.1 Å². The maximum atomic E-state index is 12.7. The maximum Gasteiger partial charge on any atom is 0.352 e. The van der Waals surface area contributed by atoms with Crippen molar-refractivity contribution in [1.29, 1.82) is 0 Å². The summed E-state index contributed by atoms with van der Waals surface area (Å²) in [6, 6.07) is 4.97. The number of quaternary nitrogens is 1. The summed E-state index contributed by atoms with van der Waals surface area (Å²) in [7, 11) is 0. The number of nitrogens with two attached hydrogens (primary N) is 1. The number of aromatic carboxylic acids is 1. The van der Waals surface area contributed by atoms with Crippen LogP contribution in [0.4, 0.5) is 5.69 Å². The predicted octanol–water partition coefficient (Wildman–Crippen LogP) is 0.118. The Balaban J connectivity index is 1.67. The highest BCUT2D eigenvalue weighted by atomic mass is 32.2. The zero-order chi connectivity index (χ0) is 25.2. The Bertz CT molecular complexity index is 1030. The van der Waals surface area contributed by atoms with Crippen LogP contribution in [-0.4, -0.2) is 68.3 Å². The number of hydrogen-bond donors (Lipinski definition) is 7. The Labute approximate surface area is 206 Å². The van der Waals surface area contributed by atoms with E-state index in [-0.39, 0.29) is 28.3 Å². The molecule has 7 N–H and O–H groups in total. The van der Waals surface area contributed by atoms with Crippen molar-refractivity contribution in [1.82, 2.24) is 5.32 Å². The molecule has 1 fully saturated rings. The van der Waals surface area contributed by atoms with Gasteiger partial charge in [-0.3, -0.25) is 9.59 Å². The van der Waals surface area contributed by atoms with E-state index in [1.807, 2.05) is 5.32 Å². The lowest BCUT2D eigenvalue weighted by Crippen LogP contribution is -2.89. The fraction of sp³-hybridized carbons (Fsp3) is 0.455. The lowest BCUT2D eigenvalue weighted by atomic mass is 9.88. The molecule has 10 nitrogen and oxygen atoms in total. The third-order valence-electron chi connectivity index (χ3n) is 6.12. The number of hydrogen-bond acceptors (Lipinski definition) is 7. The first kappa shape index (κ1) is 26.1. The Morgan fingerprint density at radius 3 is 2.53 bits per heavy atom. The summed E-state index contributed by atoms with van der Waals surface area (Å²) in [5, 5.41) is 35.8. The van der Waals surface area contributed by atoms with Crippen LogP contribution < -0.4 is 16.0 Å². The van der Waals surface area contributed by atoms with Crippen LogP contribution in [0, 0.1) is 11.8 Å². The van der Waals surface area contributed by atoms with Crippen molar-refractivity contribution in [3.63, 3.8) is 0 Å². The van der Waals surface area contributed by atoms with E-state index in [0.717, 1.165) is 0 Å². The van der Waals surface area contributed by atoms with E-state index in [2.05, 4.69) is 23.3 Å². The van der Waals surface area contributed by atoms with Crippen LogP contribution in [0.25, 0.3) is 0 Å². The average molecular weight is 511 g/mol. The highest BCUT2D eigenvalue weighted by Gasteiger charge is 2.45. The van der Waals surface area contributed by atoms with Gasteiger partial charge in [0.05, 0.1) is 29.4 Å². The van der Waals surface area contributed by atoms with Gasteiger partial charge in [0.15, 0.2) is 11.2 Å². The quantitative estimate of drug-likeness (QED) is 0.228. The van der Waals surface area contributed by atoms with Crippen molar-refractivity contribution in [2.24, 2.45) is 11.8 Å². The van der Waals surface area contributed by atoms with Gasteiger partial charge in [-0.15, -0.1) is 24.4 Å². The first-order valence-corrected chi connectivity index (χ1v) is 12.1. The summed E-state index contributed by atoms with van der Waals surface area (Å²) in [6.07, 6.45) is -0.523. The monoisotopic (exact) mass is 510 g/mol. The molecular formula is C22H28N3O7S2+. The van der Waals surface area contributed by atoms with E-state index in [4.69, 9.17) is 5.11 Å². The van der Waals surface area contributed by atoms with Gasteiger partial charge in [0, 0.05) is 29.0 Å². The van der Waals surface area contributed by atoms with E-state index in [9.17, 15) is 29.4 Å². The van der Waals surface area contributed by atoms with E-state index in [0.29, 0.717) is 23.6 Å². The molecule has 0 saturated carbocycles. The molecule has 0 bridgehead atoms. The van der Waals surface area contributed by atoms with Gasteiger partial charge in [-0.05, 0) is 25.1 Å². The predicted molar refractivity (Wildman–Crippen MR) is 129 cm³/mol. The van der Waals surface area contributed by atoms with Gasteiger partial charge in [0.2, 0.25) is 0 Å². The molecule has 2 aliphatic rings. The number of carboxylic acid groups (broad SMARTS) is 2. The van der Waals surface area contributed by atoms with Gasteiger partial charge >= 0.3 is 11.9 Å². The molecule has 12 heteroatoms. The van der Waals surface area contributed by atoms with Crippen LogP contribution in [0.15, 0.2) is 34.9 Å². The fourth-order valence-electron chi connectivity index (χ4n) is 4.39. The van der Waals surface area contributed by atoms with Crippen molar-refractivity contribution in [2.75, 3.05) is 11.9 Å². The highest BCUT2D eigenvalue weighted by Crippen LogP contribution is 2.41.